The molecule has 0 radical (unpaired) electrons. The summed E-state index contributed by atoms with van der Waals surface area (Å²) in [4.78, 5) is 19.0. The Morgan fingerprint density at radius 1 is 0.936 bits per heavy atom. The number of halogens is 3. The first-order chi connectivity index (χ1) is 22.1. The summed E-state index contributed by atoms with van der Waals surface area (Å²) >= 11 is 0. The molecular weight excluding hydrogens is 625 g/mol. The molecule has 0 aliphatic carbocycles. The number of piperidine rings is 1. The first-order valence-electron chi connectivity index (χ1n) is 15.7. The van der Waals surface area contributed by atoms with Crippen LogP contribution < -0.4 is 0 Å². The number of carbonyl (C=O) groups is 1. The summed E-state index contributed by atoms with van der Waals surface area (Å²) in [6.07, 6.45) is -0.643. The standard InChI is InChI=1S/C16H23NO8.C12H18F3N3.2C2H6/c1-9-12(19)14(21)11(15(22)13(9)20)16(23,24)17-5-2-10(3-6-17)4-7-25-8-18;1-4-11(12(13,14)15)16-9-10(2)18-7-5-17(3)6-8-18;2*1-2/h8,10,19-24H,2-7H2,1H3;4,9H,1,5-8H2,2-3H3;2*1-2H3/b;10-9+,16-11?;;. The smallest absolute Gasteiger partial charge is 0.433 e. The molecule has 6 N–H and O–H groups in total. The summed E-state index contributed by atoms with van der Waals surface area (Å²) in [6, 6.07) is 0. The fourth-order valence-electron chi connectivity index (χ4n) is 4.75. The Morgan fingerprint density at radius 2 is 1.43 bits per heavy atom. The van der Waals surface area contributed by atoms with Crippen molar-refractivity contribution in [2.24, 2.45) is 10.9 Å². The monoisotopic (exact) mass is 678 g/mol. The van der Waals surface area contributed by atoms with Crippen molar-refractivity contribution in [3.8, 4) is 23.0 Å². The van der Waals surface area contributed by atoms with Crippen molar-refractivity contribution in [2.75, 3.05) is 52.9 Å². The molecule has 2 fully saturated rings. The van der Waals surface area contributed by atoms with Gasteiger partial charge < -0.3 is 45.2 Å². The number of phenols is 4. The number of piperazine rings is 1. The second kappa shape index (κ2) is 20.7. The fourth-order valence-corrected chi connectivity index (χ4v) is 4.75. The number of alkyl halides is 3. The van der Waals surface area contributed by atoms with Gasteiger partial charge in [-0.3, -0.25) is 9.79 Å². The maximum Gasteiger partial charge on any atom is 0.433 e. The number of likely N-dealkylation sites (N-methyl/N-ethyl adjacent to an activating group) is 1. The molecule has 12 nitrogen and oxygen atoms in total. The van der Waals surface area contributed by atoms with Gasteiger partial charge in [-0.1, -0.05) is 34.3 Å². The molecule has 0 amide bonds. The number of nitrogens with zero attached hydrogens (tertiary/aromatic N) is 4. The van der Waals surface area contributed by atoms with E-state index in [0.717, 1.165) is 38.0 Å². The van der Waals surface area contributed by atoms with Crippen LogP contribution >= 0.6 is 0 Å². The number of aliphatic imine (C=N–C) groups is 1. The maximum atomic E-state index is 12.4. The maximum absolute atomic E-state index is 12.4. The predicted octanol–water partition coefficient (Wildman–Crippen LogP) is 4.52. The molecule has 0 unspecified atom stereocenters. The van der Waals surface area contributed by atoms with Crippen LogP contribution in [0.25, 0.3) is 0 Å². The number of benzene rings is 1. The Morgan fingerprint density at radius 3 is 1.85 bits per heavy atom. The van der Waals surface area contributed by atoms with Gasteiger partial charge in [0.25, 0.3) is 12.4 Å². The highest BCUT2D eigenvalue weighted by Gasteiger charge is 2.43. The molecule has 0 bridgehead atoms. The molecule has 2 heterocycles. The van der Waals surface area contributed by atoms with Crippen molar-refractivity contribution >= 4 is 12.2 Å². The van der Waals surface area contributed by atoms with Crippen LogP contribution in [0, 0.1) is 12.8 Å². The summed E-state index contributed by atoms with van der Waals surface area (Å²) < 4.78 is 41.9. The molecule has 3 rings (SSSR count). The van der Waals surface area contributed by atoms with E-state index in [2.05, 4.69) is 21.2 Å². The predicted molar refractivity (Wildman–Crippen MR) is 174 cm³/mol. The number of ether oxygens (including phenoxy) is 1. The molecule has 47 heavy (non-hydrogen) atoms. The Balaban J connectivity index is 0.000000850. The van der Waals surface area contributed by atoms with E-state index in [1.807, 2.05) is 39.6 Å². The van der Waals surface area contributed by atoms with Crippen molar-refractivity contribution in [1.29, 1.82) is 0 Å². The number of allylic oxidation sites excluding steroid dienone is 2. The van der Waals surface area contributed by atoms with Gasteiger partial charge in [0.2, 0.25) is 0 Å². The third-order valence-electron chi connectivity index (χ3n) is 7.61. The second-order valence-corrected chi connectivity index (χ2v) is 10.5. The highest BCUT2D eigenvalue weighted by molar-refractivity contribution is 5.99. The first kappa shape index (κ1) is 43.5. The largest absolute Gasteiger partial charge is 0.504 e. The molecule has 0 saturated carbocycles. The molecule has 15 heteroatoms. The number of rotatable bonds is 9. The van der Waals surface area contributed by atoms with Crippen LogP contribution in [0.4, 0.5) is 13.2 Å². The van der Waals surface area contributed by atoms with Crippen LogP contribution in [0.2, 0.25) is 0 Å². The van der Waals surface area contributed by atoms with E-state index in [4.69, 9.17) is 0 Å². The molecule has 2 aliphatic heterocycles. The van der Waals surface area contributed by atoms with E-state index in [-0.39, 0.29) is 24.6 Å². The van der Waals surface area contributed by atoms with Crippen molar-refractivity contribution in [1.82, 2.24) is 14.7 Å². The number of hydrogen-bond acceptors (Lipinski definition) is 12. The number of carbonyl (C=O) groups excluding carboxylic acids is 1. The van der Waals surface area contributed by atoms with E-state index in [0.29, 0.717) is 32.3 Å². The topological polar surface area (TPSA) is 170 Å². The molecule has 1 aromatic carbocycles. The highest BCUT2D eigenvalue weighted by Crippen LogP contribution is 2.50. The summed E-state index contributed by atoms with van der Waals surface area (Å²) in [5.41, 5.74) is -1.16. The van der Waals surface area contributed by atoms with E-state index >= 15 is 0 Å². The average molecular weight is 679 g/mol. The third kappa shape index (κ3) is 12.5. The molecule has 0 atom stereocenters. The Bertz CT molecular complexity index is 1150. The van der Waals surface area contributed by atoms with E-state index < -0.39 is 46.4 Å². The van der Waals surface area contributed by atoms with Crippen LogP contribution in [0.5, 0.6) is 23.0 Å². The van der Waals surface area contributed by atoms with Crippen LogP contribution in [-0.2, 0) is 15.4 Å². The van der Waals surface area contributed by atoms with Gasteiger partial charge in [0, 0.05) is 56.7 Å². The quantitative estimate of drug-likeness (QED) is 0.0542. The number of aromatic hydroxyl groups is 4. The van der Waals surface area contributed by atoms with Crippen molar-refractivity contribution in [3.63, 3.8) is 0 Å². The Labute approximate surface area is 275 Å². The molecule has 2 aliphatic rings. The lowest BCUT2D eigenvalue weighted by atomic mass is 9.92. The lowest BCUT2D eigenvalue weighted by Crippen LogP contribution is -2.50. The zero-order chi connectivity index (χ0) is 36.5. The highest BCUT2D eigenvalue weighted by atomic mass is 19.4. The lowest BCUT2D eigenvalue weighted by Gasteiger charge is -2.40. The molecule has 270 valence electrons. The van der Waals surface area contributed by atoms with Crippen LogP contribution in [0.15, 0.2) is 29.5 Å². The average Bonchev–Trinajstić information content (AvgIpc) is 3.05. The summed E-state index contributed by atoms with van der Waals surface area (Å²) in [5.74, 6) is -5.83. The van der Waals surface area contributed by atoms with Crippen molar-refractivity contribution in [2.45, 2.75) is 72.9 Å². The molecule has 0 aromatic heterocycles. The number of likely N-dealkylation sites (tertiary alicyclic amines) is 1. The molecule has 0 spiro atoms. The van der Waals surface area contributed by atoms with Crippen molar-refractivity contribution < 1.29 is 53.3 Å². The van der Waals surface area contributed by atoms with Gasteiger partial charge in [0.1, 0.15) is 11.3 Å². The van der Waals surface area contributed by atoms with E-state index in [9.17, 15) is 48.6 Å². The molecule has 1 aromatic rings. The van der Waals surface area contributed by atoms with Gasteiger partial charge in [-0.25, -0.2) is 4.90 Å². The minimum atomic E-state index is -4.44. The van der Waals surface area contributed by atoms with Gasteiger partial charge >= 0.3 is 6.18 Å². The Kier molecular flexibility index (Phi) is 19.1. The van der Waals surface area contributed by atoms with Gasteiger partial charge in [-0.2, -0.15) is 13.2 Å². The summed E-state index contributed by atoms with van der Waals surface area (Å²) in [6.45, 7) is 18.7. The SMILES string of the molecule is C=CC(=N/C=C(\C)N1CCN(C)CC1)C(F)(F)F.CC.CC.Cc1c(O)c(O)c(C(O)(O)N2CCC(CCOC=O)CC2)c(O)c1O. The molecular formula is C32H53F3N4O8. The van der Waals surface area contributed by atoms with Gasteiger partial charge in [-0.05, 0) is 52.2 Å². The normalized spacial score (nSPS) is 16.9. The second-order valence-electron chi connectivity index (χ2n) is 10.5. The van der Waals surface area contributed by atoms with Crippen LogP contribution in [0.3, 0.4) is 0 Å². The fraction of sp³-hybridized carbons (Fsp3) is 0.625. The van der Waals surface area contributed by atoms with Crippen LogP contribution in [0.1, 0.15) is 65.0 Å². The van der Waals surface area contributed by atoms with Gasteiger partial charge in [-0.15, -0.1) is 0 Å². The minimum absolute atomic E-state index is 0.177. The lowest BCUT2D eigenvalue weighted by molar-refractivity contribution is -0.282. The van der Waals surface area contributed by atoms with Gasteiger partial charge in [0.15, 0.2) is 23.0 Å². The number of hydrogen-bond donors (Lipinski definition) is 6. The summed E-state index contributed by atoms with van der Waals surface area (Å²) in [7, 11) is 2.02. The summed E-state index contributed by atoms with van der Waals surface area (Å²) in [5, 5.41) is 60.6. The number of phenolic OH excluding ortho intramolecular Hbond substituents is 4. The zero-order valence-electron chi connectivity index (χ0n) is 28.5. The van der Waals surface area contributed by atoms with Crippen molar-refractivity contribution in [3.05, 3.63) is 35.7 Å². The van der Waals surface area contributed by atoms with E-state index in [1.54, 1.807) is 6.92 Å². The zero-order valence-corrected chi connectivity index (χ0v) is 28.5. The Hall–Kier alpha value is -3.53. The van der Waals surface area contributed by atoms with Crippen LogP contribution in [-0.4, -0.2) is 117 Å². The van der Waals surface area contributed by atoms with Gasteiger partial charge in [0.05, 0.1) is 6.61 Å². The molecule has 2 saturated heterocycles. The minimum Gasteiger partial charge on any atom is -0.504 e. The third-order valence-corrected chi connectivity index (χ3v) is 7.61. The first-order valence-corrected chi connectivity index (χ1v) is 15.7. The number of aliphatic hydroxyl groups is 2. The van der Waals surface area contributed by atoms with E-state index in [1.165, 1.54) is 18.0 Å².